The molecule has 1 atom stereocenters. The number of nitrogens with one attached hydrogen (secondary N) is 4. The second kappa shape index (κ2) is 17.9. The molecule has 1 aromatic carbocycles. The number of carbonyl (C=O) groups is 4. The lowest BCUT2D eigenvalue weighted by Crippen LogP contribution is -2.47. The summed E-state index contributed by atoms with van der Waals surface area (Å²) < 4.78 is 12.8. The number of benzene rings is 1. The van der Waals surface area contributed by atoms with E-state index in [1.165, 1.54) is 6.92 Å². The molecule has 3 amide bonds. The quantitative estimate of drug-likeness (QED) is 0.112. The van der Waals surface area contributed by atoms with Crippen molar-refractivity contribution in [3.8, 4) is 0 Å². The number of nitrogens with zero attached hydrogens (tertiary/aromatic N) is 2. The molecule has 0 aliphatic carbocycles. The maximum absolute atomic E-state index is 12.8. The molecule has 0 fully saturated rings. The number of rotatable bonds is 20. The third-order valence-electron chi connectivity index (χ3n) is 6.08. The number of aromatic nitrogens is 1. The molecule has 0 saturated carbocycles. The minimum absolute atomic E-state index is 0.0272. The fourth-order valence-corrected chi connectivity index (χ4v) is 3.99. The summed E-state index contributed by atoms with van der Waals surface area (Å²) in [5.41, 5.74) is 5.11. The number of aliphatic carboxylic acids is 1. The molecular weight excluding hydrogens is 520 g/mol. The first-order valence-electron chi connectivity index (χ1n) is 13.4. The Balaban J connectivity index is 1.84. The lowest BCUT2D eigenvalue weighted by atomic mass is 10.1. The normalized spacial score (nSPS) is 11.9. The zero-order valence-corrected chi connectivity index (χ0v) is 23.5. The van der Waals surface area contributed by atoms with Crippen molar-refractivity contribution in [1.82, 2.24) is 31.0 Å². The van der Waals surface area contributed by atoms with E-state index in [0.717, 1.165) is 16.6 Å². The summed E-state index contributed by atoms with van der Waals surface area (Å²) in [6.07, 6.45) is -0.162. The Morgan fingerprint density at radius 2 is 1.68 bits per heavy atom. The number of amides is 3. The highest BCUT2D eigenvalue weighted by Crippen LogP contribution is 2.21. The molecule has 2 rings (SSSR count). The second-order valence-electron chi connectivity index (χ2n) is 9.23. The van der Waals surface area contributed by atoms with Gasteiger partial charge in [-0.15, -0.1) is 0 Å². The first-order chi connectivity index (χ1) is 19.2. The standard InChI is InChI=1S/C27H42N6O7/c1-20(34)29-11-14-39-16-17-40-15-12-30-27(38)23(8-9-26(36)37)31-25(35)10-13-33-22(19-32(3)28-2)18-21-6-4-5-7-24(21)33/h4-7,18,23,28H,8-17,19H2,1-3H3,(H,29,34)(H,30,38)(H,31,35)(H,36,37)/t23-/m0/s1. The fraction of sp³-hybridized carbons (Fsp3) is 0.556. The molecule has 0 spiro atoms. The van der Waals surface area contributed by atoms with Gasteiger partial charge in [-0.25, -0.2) is 5.01 Å². The van der Waals surface area contributed by atoms with Gasteiger partial charge < -0.3 is 35.1 Å². The van der Waals surface area contributed by atoms with Gasteiger partial charge in [-0.05, 0) is 31.0 Å². The topological polar surface area (TPSA) is 163 Å². The SMILES string of the molecule is CNN(C)Cc1cc2ccccc2n1CCC(=O)N[C@@H](CCC(=O)O)C(=O)NCCOCCOCCNC(C)=O. The number of hydrogen-bond acceptors (Lipinski definition) is 8. The van der Waals surface area contributed by atoms with Gasteiger partial charge in [0.25, 0.3) is 0 Å². The monoisotopic (exact) mass is 562 g/mol. The number of hydrazine groups is 1. The molecular formula is C27H42N6O7. The van der Waals surface area contributed by atoms with Crippen molar-refractivity contribution in [3.63, 3.8) is 0 Å². The highest BCUT2D eigenvalue weighted by molar-refractivity contribution is 5.88. The minimum atomic E-state index is -1.05. The van der Waals surface area contributed by atoms with Crippen LogP contribution in [0.5, 0.6) is 0 Å². The Labute approximate surface area is 234 Å². The van der Waals surface area contributed by atoms with Crippen LogP contribution in [-0.2, 0) is 41.7 Å². The smallest absolute Gasteiger partial charge is 0.303 e. The summed E-state index contributed by atoms with van der Waals surface area (Å²) in [4.78, 5) is 47.5. The predicted octanol–water partition coefficient (Wildman–Crippen LogP) is 0.233. The van der Waals surface area contributed by atoms with Crippen LogP contribution in [0, 0.1) is 0 Å². The average molecular weight is 563 g/mol. The molecule has 1 heterocycles. The summed E-state index contributed by atoms with van der Waals surface area (Å²) in [7, 11) is 3.76. The van der Waals surface area contributed by atoms with E-state index < -0.39 is 17.9 Å². The summed E-state index contributed by atoms with van der Waals surface area (Å²) >= 11 is 0. The third-order valence-corrected chi connectivity index (χ3v) is 6.08. The maximum atomic E-state index is 12.8. The zero-order chi connectivity index (χ0) is 29.3. The van der Waals surface area contributed by atoms with Gasteiger partial charge in [0.05, 0.1) is 33.0 Å². The molecule has 0 radical (unpaired) electrons. The van der Waals surface area contributed by atoms with Crippen LogP contribution in [0.2, 0.25) is 0 Å². The molecule has 0 saturated heterocycles. The molecule has 2 aromatic rings. The summed E-state index contributed by atoms with van der Waals surface area (Å²) in [6, 6.07) is 9.04. The molecule has 1 aromatic heterocycles. The lowest BCUT2D eigenvalue weighted by molar-refractivity contribution is -0.138. The van der Waals surface area contributed by atoms with Gasteiger partial charge in [0.15, 0.2) is 0 Å². The molecule has 0 bridgehead atoms. The molecule has 0 unspecified atom stereocenters. The van der Waals surface area contributed by atoms with E-state index in [1.807, 2.05) is 43.4 Å². The Hall–Kier alpha value is -3.52. The molecule has 5 N–H and O–H groups in total. The second-order valence-corrected chi connectivity index (χ2v) is 9.23. The molecule has 0 aliphatic heterocycles. The summed E-state index contributed by atoms with van der Waals surface area (Å²) in [5.74, 6) is -1.98. The largest absolute Gasteiger partial charge is 0.481 e. The maximum Gasteiger partial charge on any atom is 0.303 e. The van der Waals surface area contributed by atoms with Gasteiger partial charge in [0.1, 0.15) is 6.04 Å². The molecule has 0 aliphatic rings. The van der Waals surface area contributed by atoms with E-state index in [1.54, 1.807) is 0 Å². The Bertz CT molecular complexity index is 1110. The van der Waals surface area contributed by atoms with Crippen LogP contribution in [0.3, 0.4) is 0 Å². The van der Waals surface area contributed by atoms with E-state index in [0.29, 0.717) is 39.5 Å². The third kappa shape index (κ3) is 12.1. The van der Waals surface area contributed by atoms with Crippen molar-refractivity contribution >= 4 is 34.6 Å². The highest BCUT2D eigenvalue weighted by atomic mass is 16.5. The van der Waals surface area contributed by atoms with Gasteiger partial charge in [0, 0.05) is 57.7 Å². The van der Waals surface area contributed by atoms with Crippen LogP contribution < -0.4 is 21.4 Å². The molecule has 13 heteroatoms. The van der Waals surface area contributed by atoms with Crippen molar-refractivity contribution < 1.29 is 33.8 Å². The number of carboxylic acids is 1. The molecule has 13 nitrogen and oxygen atoms in total. The highest BCUT2D eigenvalue weighted by Gasteiger charge is 2.22. The number of fused-ring (bicyclic) bond motifs is 1. The van der Waals surface area contributed by atoms with Gasteiger partial charge in [-0.3, -0.25) is 24.6 Å². The Morgan fingerprint density at radius 1 is 1.00 bits per heavy atom. The summed E-state index contributed by atoms with van der Waals surface area (Å²) in [5, 5.41) is 20.1. The summed E-state index contributed by atoms with van der Waals surface area (Å²) in [6.45, 7) is 4.34. The van der Waals surface area contributed by atoms with Crippen molar-refractivity contribution in [2.24, 2.45) is 0 Å². The van der Waals surface area contributed by atoms with Crippen LogP contribution in [0.25, 0.3) is 10.9 Å². The number of hydrogen-bond donors (Lipinski definition) is 5. The van der Waals surface area contributed by atoms with Crippen LogP contribution in [0.4, 0.5) is 0 Å². The van der Waals surface area contributed by atoms with Crippen LogP contribution in [0.1, 0.15) is 31.9 Å². The van der Waals surface area contributed by atoms with Gasteiger partial charge in [-0.1, -0.05) is 18.2 Å². The van der Waals surface area contributed by atoms with Crippen LogP contribution in [-0.4, -0.2) is 98.0 Å². The number of aryl methyl sites for hydroxylation is 1. The number of ether oxygens (including phenoxy) is 2. The Kier molecular flexibility index (Phi) is 14.7. The number of carboxylic acid groups (broad SMARTS) is 1. The van der Waals surface area contributed by atoms with Crippen LogP contribution >= 0.6 is 0 Å². The zero-order valence-electron chi connectivity index (χ0n) is 23.5. The van der Waals surface area contributed by atoms with E-state index >= 15 is 0 Å². The van der Waals surface area contributed by atoms with E-state index in [4.69, 9.17) is 14.6 Å². The van der Waals surface area contributed by atoms with Gasteiger partial charge >= 0.3 is 5.97 Å². The Morgan fingerprint density at radius 3 is 2.33 bits per heavy atom. The van der Waals surface area contributed by atoms with E-state index in [-0.39, 0.29) is 44.2 Å². The van der Waals surface area contributed by atoms with E-state index in [2.05, 4.69) is 32.0 Å². The minimum Gasteiger partial charge on any atom is -0.481 e. The molecule has 222 valence electrons. The molecule has 40 heavy (non-hydrogen) atoms. The lowest BCUT2D eigenvalue weighted by Gasteiger charge is -2.19. The van der Waals surface area contributed by atoms with Crippen LogP contribution in [0.15, 0.2) is 30.3 Å². The first kappa shape index (κ1) is 32.7. The number of para-hydroxylation sites is 1. The van der Waals surface area contributed by atoms with Gasteiger partial charge in [-0.2, -0.15) is 0 Å². The van der Waals surface area contributed by atoms with E-state index in [9.17, 15) is 19.2 Å². The predicted molar refractivity (Wildman–Crippen MR) is 149 cm³/mol. The van der Waals surface area contributed by atoms with Crippen molar-refractivity contribution in [3.05, 3.63) is 36.0 Å². The number of carbonyl (C=O) groups excluding carboxylic acids is 3. The fourth-order valence-electron chi connectivity index (χ4n) is 3.99. The van der Waals surface area contributed by atoms with Crippen molar-refractivity contribution in [2.75, 3.05) is 53.6 Å². The first-order valence-corrected chi connectivity index (χ1v) is 13.4. The van der Waals surface area contributed by atoms with Gasteiger partial charge in [0.2, 0.25) is 17.7 Å². The van der Waals surface area contributed by atoms with Crippen molar-refractivity contribution in [2.45, 2.75) is 45.3 Å². The van der Waals surface area contributed by atoms with Crippen molar-refractivity contribution in [1.29, 1.82) is 0 Å². The average Bonchev–Trinajstić information content (AvgIpc) is 3.26.